The van der Waals surface area contributed by atoms with Crippen LogP contribution < -0.4 is 10.5 Å². The van der Waals surface area contributed by atoms with E-state index in [1.165, 1.54) is 12.1 Å². The van der Waals surface area contributed by atoms with Gasteiger partial charge in [0, 0.05) is 16.6 Å². The summed E-state index contributed by atoms with van der Waals surface area (Å²) in [5, 5.41) is 11.6. The van der Waals surface area contributed by atoms with Gasteiger partial charge in [0.05, 0.1) is 20.3 Å². The molecule has 1 aliphatic carbocycles. The first kappa shape index (κ1) is 21.2. The number of terminal acetylenes is 1. The molecule has 3 rings (SSSR count). The van der Waals surface area contributed by atoms with E-state index in [0.717, 1.165) is 37.1 Å². The fourth-order valence-corrected chi connectivity index (χ4v) is 5.69. The number of benzene rings is 2. The lowest BCUT2D eigenvalue weighted by atomic mass is 9.83. The molecule has 0 spiro atoms. The molecule has 0 bridgehead atoms. The molecule has 0 aromatic heterocycles. The van der Waals surface area contributed by atoms with Crippen molar-refractivity contribution in [3.05, 3.63) is 52.6 Å². The average molecular weight is 432 g/mol. The van der Waals surface area contributed by atoms with Crippen LogP contribution in [0.1, 0.15) is 32.1 Å². The number of hydrogen-bond donors (Lipinski definition) is 2. The van der Waals surface area contributed by atoms with Crippen LogP contribution in [-0.2, 0) is 10.0 Å². The standard InChI is InChI=1S/C20H21N3O4S2/c1-2-20(12-6-3-7-13-20)22-29(26,27)15-10-11-19(17(14-15)23(24)25)28-18-9-5-4-8-16(18)21/h1,4-5,8-11,14,22H,3,6-7,12-13,21H2. The third kappa shape index (κ3) is 4.72. The summed E-state index contributed by atoms with van der Waals surface area (Å²) >= 11 is 1.11. The zero-order chi connectivity index (χ0) is 21.1. The number of anilines is 1. The smallest absolute Gasteiger partial charge is 0.284 e. The lowest BCUT2D eigenvalue weighted by Gasteiger charge is -2.32. The minimum Gasteiger partial charge on any atom is -0.398 e. The van der Waals surface area contributed by atoms with E-state index in [4.69, 9.17) is 12.2 Å². The SMILES string of the molecule is C#CC1(NS(=O)(=O)c2ccc(Sc3ccccc3N)c([N+](=O)[O-])c2)CCCCC1. The molecule has 9 heteroatoms. The number of nitrogens with zero attached hydrogens (tertiary/aromatic N) is 1. The van der Waals surface area contributed by atoms with E-state index in [9.17, 15) is 18.5 Å². The summed E-state index contributed by atoms with van der Waals surface area (Å²) in [5.41, 5.74) is 5.14. The maximum absolute atomic E-state index is 12.9. The molecule has 0 amide bonds. The van der Waals surface area contributed by atoms with E-state index in [0.29, 0.717) is 28.3 Å². The molecular formula is C20H21N3O4S2. The summed E-state index contributed by atoms with van der Waals surface area (Å²) in [6, 6.07) is 10.8. The van der Waals surface area contributed by atoms with Crippen molar-refractivity contribution < 1.29 is 13.3 Å². The highest BCUT2D eigenvalue weighted by molar-refractivity contribution is 7.99. The Balaban J connectivity index is 1.94. The topological polar surface area (TPSA) is 115 Å². The number of nitrogens with one attached hydrogen (secondary N) is 1. The van der Waals surface area contributed by atoms with Crippen LogP contribution in [0.3, 0.4) is 0 Å². The molecule has 3 N–H and O–H groups in total. The van der Waals surface area contributed by atoms with Crippen LogP contribution in [0.25, 0.3) is 0 Å². The van der Waals surface area contributed by atoms with Gasteiger partial charge in [-0.3, -0.25) is 10.1 Å². The summed E-state index contributed by atoms with van der Waals surface area (Å²) in [6.07, 6.45) is 9.39. The van der Waals surface area contributed by atoms with Crippen LogP contribution in [0.2, 0.25) is 0 Å². The zero-order valence-corrected chi connectivity index (χ0v) is 17.3. The normalized spacial score (nSPS) is 16.1. The third-order valence-electron chi connectivity index (χ3n) is 4.89. The van der Waals surface area contributed by atoms with E-state index in [-0.39, 0.29) is 10.6 Å². The Labute approximate surface area is 174 Å². The van der Waals surface area contributed by atoms with E-state index in [2.05, 4.69) is 10.6 Å². The summed E-state index contributed by atoms with van der Waals surface area (Å²) in [4.78, 5) is 11.8. The van der Waals surface area contributed by atoms with Gasteiger partial charge in [-0.05, 0) is 37.1 Å². The predicted octanol–water partition coefficient (Wildman–Crippen LogP) is 3.94. The second-order valence-corrected chi connectivity index (χ2v) is 9.69. The van der Waals surface area contributed by atoms with Crippen molar-refractivity contribution in [3.8, 4) is 12.3 Å². The van der Waals surface area contributed by atoms with Gasteiger partial charge in [0.25, 0.3) is 5.69 Å². The van der Waals surface area contributed by atoms with Gasteiger partial charge < -0.3 is 5.73 Å². The van der Waals surface area contributed by atoms with Crippen molar-refractivity contribution >= 4 is 33.2 Å². The molecule has 0 atom stereocenters. The molecule has 152 valence electrons. The first-order chi connectivity index (χ1) is 13.8. The van der Waals surface area contributed by atoms with Crippen molar-refractivity contribution in [2.75, 3.05) is 5.73 Å². The molecule has 1 aliphatic rings. The fraction of sp³-hybridized carbons (Fsp3) is 0.300. The number of para-hydroxylation sites is 1. The average Bonchev–Trinajstić information content (AvgIpc) is 2.70. The number of nitrogens with two attached hydrogens (primary N) is 1. The largest absolute Gasteiger partial charge is 0.398 e. The van der Waals surface area contributed by atoms with Crippen molar-refractivity contribution in [2.24, 2.45) is 0 Å². The summed E-state index contributed by atoms with van der Waals surface area (Å²) in [7, 11) is -4.02. The van der Waals surface area contributed by atoms with Gasteiger partial charge in [-0.15, -0.1) is 6.42 Å². The molecule has 0 saturated heterocycles. The summed E-state index contributed by atoms with van der Waals surface area (Å²) in [5.74, 6) is 2.59. The van der Waals surface area contributed by atoms with Gasteiger partial charge in [0.15, 0.2) is 0 Å². The van der Waals surface area contributed by atoms with Crippen LogP contribution in [0.15, 0.2) is 57.2 Å². The van der Waals surface area contributed by atoms with Crippen molar-refractivity contribution in [1.82, 2.24) is 4.72 Å². The summed E-state index contributed by atoms with van der Waals surface area (Å²) in [6.45, 7) is 0. The van der Waals surface area contributed by atoms with Crippen molar-refractivity contribution in [1.29, 1.82) is 0 Å². The molecule has 0 heterocycles. The van der Waals surface area contributed by atoms with Crippen LogP contribution in [0.5, 0.6) is 0 Å². The molecule has 2 aromatic carbocycles. The number of rotatable bonds is 6. The van der Waals surface area contributed by atoms with E-state index < -0.39 is 20.5 Å². The fourth-order valence-electron chi connectivity index (χ4n) is 3.33. The predicted molar refractivity (Wildman–Crippen MR) is 113 cm³/mol. The molecule has 0 unspecified atom stereocenters. The van der Waals surface area contributed by atoms with Gasteiger partial charge in [0.1, 0.15) is 0 Å². The Bertz CT molecular complexity index is 1070. The monoisotopic (exact) mass is 431 g/mol. The highest BCUT2D eigenvalue weighted by Crippen LogP contribution is 2.38. The Morgan fingerprint density at radius 2 is 1.83 bits per heavy atom. The second kappa shape index (κ2) is 8.45. The summed E-state index contributed by atoms with van der Waals surface area (Å²) < 4.78 is 28.4. The molecule has 0 aliphatic heterocycles. The van der Waals surface area contributed by atoms with Crippen LogP contribution in [0.4, 0.5) is 11.4 Å². The van der Waals surface area contributed by atoms with Crippen LogP contribution in [-0.4, -0.2) is 18.9 Å². The number of hydrogen-bond acceptors (Lipinski definition) is 6. The Hall–Kier alpha value is -2.54. The minimum atomic E-state index is -4.02. The lowest BCUT2D eigenvalue weighted by molar-refractivity contribution is -0.388. The first-order valence-corrected chi connectivity index (χ1v) is 11.4. The maximum Gasteiger partial charge on any atom is 0.284 e. The molecule has 29 heavy (non-hydrogen) atoms. The number of nitro benzene ring substituents is 1. The van der Waals surface area contributed by atoms with Crippen LogP contribution >= 0.6 is 11.8 Å². The van der Waals surface area contributed by atoms with Gasteiger partial charge in [-0.2, -0.15) is 4.72 Å². The number of nitrogen functional groups attached to an aromatic ring is 1. The Morgan fingerprint density at radius 3 is 2.45 bits per heavy atom. The third-order valence-corrected chi connectivity index (χ3v) is 7.58. The molecule has 7 nitrogen and oxygen atoms in total. The number of nitro groups is 1. The Kier molecular flexibility index (Phi) is 6.17. The van der Waals surface area contributed by atoms with E-state index >= 15 is 0 Å². The van der Waals surface area contributed by atoms with Crippen molar-refractivity contribution in [3.63, 3.8) is 0 Å². The van der Waals surface area contributed by atoms with Gasteiger partial charge in [-0.1, -0.05) is 49.1 Å². The maximum atomic E-state index is 12.9. The van der Waals surface area contributed by atoms with Crippen LogP contribution in [0, 0.1) is 22.5 Å². The molecule has 2 aromatic rings. The van der Waals surface area contributed by atoms with Gasteiger partial charge in [-0.25, -0.2) is 8.42 Å². The number of sulfonamides is 1. The minimum absolute atomic E-state index is 0.185. The van der Waals surface area contributed by atoms with Crippen molar-refractivity contribution in [2.45, 2.75) is 52.3 Å². The zero-order valence-electron chi connectivity index (χ0n) is 15.6. The van der Waals surface area contributed by atoms with E-state index in [1.54, 1.807) is 24.3 Å². The van der Waals surface area contributed by atoms with Gasteiger partial charge >= 0.3 is 0 Å². The second-order valence-electron chi connectivity index (χ2n) is 6.92. The highest BCUT2D eigenvalue weighted by atomic mass is 32.2. The molecule has 1 fully saturated rings. The highest BCUT2D eigenvalue weighted by Gasteiger charge is 2.35. The van der Waals surface area contributed by atoms with E-state index in [1.807, 2.05) is 0 Å². The molecule has 1 saturated carbocycles. The quantitative estimate of drug-likeness (QED) is 0.310. The Morgan fingerprint density at radius 1 is 1.14 bits per heavy atom. The molecular weight excluding hydrogens is 410 g/mol. The first-order valence-electron chi connectivity index (χ1n) is 9.09. The molecule has 0 radical (unpaired) electrons. The van der Waals surface area contributed by atoms with Gasteiger partial charge in [0.2, 0.25) is 10.0 Å². The lowest BCUT2D eigenvalue weighted by Crippen LogP contribution is -2.48.